The Kier molecular flexibility index (Phi) is 4.90. The molecule has 0 aliphatic heterocycles. The molecule has 5 atom stereocenters. The SMILES string of the molecule is Cc1coc(CCO/N=C2\C=C3CCC4C(CC[C@]5(C)C(=O)CCC45)[C@@]3(C)CC2)n1. The topological polar surface area (TPSA) is 64.7 Å². The van der Waals surface area contributed by atoms with Crippen molar-refractivity contribution in [1.29, 1.82) is 0 Å². The van der Waals surface area contributed by atoms with Gasteiger partial charge in [-0.3, -0.25) is 4.79 Å². The summed E-state index contributed by atoms with van der Waals surface area (Å²) in [5, 5.41) is 4.43. The molecule has 0 amide bonds. The monoisotopic (exact) mass is 410 g/mol. The highest BCUT2D eigenvalue weighted by Gasteiger charge is 2.58. The zero-order valence-corrected chi connectivity index (χ0v) is 18.6. The third-order valence-electron chi connectivity index (χ3n) is 8.94. The van der Waals surface area contributed by atoms with Crippen molar-refractivity contribution >= 4 is 11.5 Å². The summed E-state index contributed by atoms with van der Waals surface area (Å²) in [4.78, 5) is 22.5. The molecule has 0 bridgehead atoms. The second kappa shape index (κ2) is 7.35. The Morgan fingerprint density at radius 1 is 1.13 bits per heavy atom. The Morgan fingerprint density at radius 3 is 2.77 bits per heavy atom. The Bertz CT molecular complexity index is 900. The van der Waals surface area contributed by atoms with Gasteiger partial charge in [-0.1, -0.05) is 24.6 Å². The number of ketones is 1. The van der Waals surface area contributed by atoms with Crippen LogP contribution in [-0.4, -0.2) is 23.1 Å². The standard InChI is InChI=1S/C25H34N2O3/c1-16-15-29-23(26-16)10-13-30-27-18-8-11-24(2)17(14-18)4-5-19-20-6-7-22(28)25(20,3)12-9-21(19)24/h14-15,19-21H,4-13H2,1-3H3/b27-18-/t19?,20?,21?,24-,25-/m0/s1. The van der Waals surface area contributed by atoms with Crippen molar-refractivity contribution in [3.8, 4) is 0 Å². The van der Waals surface area contributed by atoms with Crippen LogP contribution in [0.4, 0.5) is 0 Å². The van der Waals surface area contributed by atoms with E-state index in [9.17, 15) is 4.79 Å². The molecule has 3 saturated carbocycles. The average molecular weight is 411 g/mol. The van der Waals surface area contributed by atoms with E-state index in [1.807, 2.05) is 6.92 Å². The van der Waals surface area contributed by atoms with Crippen LogP contribution >= 0.6 is 0 Å². The Balaban J connectivity index is 1.26. The van der Waals surface area contributed by atoms with Crippen molar-refractivity contribution < 1.29 is 14.0 Å². The van der Waals surface area contributed by atoms with Crippen molar-refractivity contribution in [2.75, 3.05) is 6.61 Å². The number of hydrogen-bond donors (Lipinski definition) is 0. The van der Waals surface area contributed by atoms with E-state index in [1.165, 1.54) is 12.8 Å². The van der Waals surface area contributed by atoms with Crippen molar-refractivity contribution in [2.45, 2.75) is 78.6 Å². The Labute approximate surface area is 179 Å². The fraction of sp³-hybridized carbons (Fsp3) is 0.720. The summed E-state index contributed by atoms with van der Waals surface area (Å²) in [6.45, 7) is 7.16. The first-order valence-corrected chi connectivity index (χ1v) is 11.7. The molecule has 0 N–H and O–H groups in total. The van der Waals surface area contributed by atoms with Crippen LogP contribution in [-0.2, 0) is 16.1 Å². The van der Waals surface area contributed by atoms with Gasteiger partial charge in [0.25, 0.3) is 0 Å². The van der Waals surface area contributed by atoms with E-state index in [0.717, 1.165) is 61.8 Å². The summed E-state index contributed by atoms with van der Waals surface area (Å²) >= 11 is 0. The zero-order valence-electron chi connectivity index (χ0n) is 18.6. The van der Waals surface area contributed by atoms with Crippen LogP contribution < -0.4 is 0 Å². The number of fused-ring (bicyclic) bond motifs is 5. The van der Waals surface area contributed by atoms with E-state index in [-0.39, 0.29) is 10.8 Å². The lowest BCUT2D eigenvalue weighted by Crippen LogP contribution is -2.50. The van der Waals surface area contributed by atoms with Crippen molar-refractivity contribution in [1.82, 2.24) is 4.98 Å². The molecular formula is C25H34N2O3. The number of Topliss-reactive ketones (excluding diaryl/α,β-unsaturated/α-hetero) is 1. The van der Waals surface area contributed by atoms with Gasteiger partial charge in [0.2, 0.25) is 0 Å². The molecule has 1 aromatic heterocycles. The highest BCUT2D eigenvalue weighted by molar-refractivity contribution is 5.96. The van der Waals surface area contributed by atoms with Gasteiger partial charge in [-0.15, -0.1) is 0 Å². The second-order valence-corrected chi connectivity index (χ2v) is 10.5. The molecule has 0 aromatic carbocycles. The number of oxazole rings is 1. The molecule has 5 heteroatoms. The molecule has 162 valence electrons. The first-order chi connectivity index (χ1) is 14.4. The molecule has 0 radical (unpaired) electrons. The molecule has 0 saturated heterocycles. The van der Waals surface area contributed by atoms with E-state index in [0.29, 0.717) is 30.6 Å². The number of rotatable bonds is 4. The number of aromatic nitrogens is 1. The maximum absolute atomic E-state index is 12.6. The van der Waals surface area contributed by atoms with Crippen LogP contribution in [0.3, 0.4) is 0 Å². The van der Waals surface area contributed by atoms with Crippen LogP contribution in [0.1, 0.15) is 76.8 Å². The number of nitrogens with zero attached hydrogens (tertiary/aromatic N) is 2. The molecule has 0 spiro atoms. The van der Waals surface area contributed by atoms with Gasteiger partial charge in [-0.25, -0.2) is 4.98 Å². The molecule has 4 aliphatic rings. The third kappa shape index (κ3) is 3.16. The number of carbonyl (C=O) groups is 1. The summed E-state index contributed by atoms with van der Waals surface area (Å²) in [5.74, 6) is 3.29. The van der Waals surface area contributed by atoms with Gasteiger partial charge in [0.1, 0.15) is 18.7 Å². The van der Waals surface area contributed by atoms with Crippen LogP contribution in [0.25, 0.3) is 0 Å². The lowest BCUT2D eigenvalue weighted by atomic mass is 9.47. The quantitative estimate of drug-likeness (QED) is 0.490. The van der Waals surface area contributed by atoms with Gasteiger partial charge in [0.15, 0.2) is 5.89 Å². The van der Waals surface area contributed by atoms with Crippen molar-refractivity contribution in [3.05, 3.63) is 29.5 Å². The second-order valence-electron chi connectivity index (χ2n) is 10.5. The third-order valence-corrected chi connectivity index (χ3v) is 8.94. The lowest BCUT2D eigenvalue weighted by molar-refractivity contribution is -0.132. The van der Waals surface area contributed by atoms with Gasteiger partial charge in [0, 0.05) is 11.8 Å². The minimum absolute atomic E-state index is 0.0325. The van der Waals surface area contributed by atoms with E-state index >= 15 is 0 Å². The normalized spacial score (nSPS) is 39.3. The van der Waals surface area contributed by atoms with E-state index in [1.54, 1.807) is 11.8 Å². The fourth-order valence-corrected chi connectivity index (χ4v) is 7.19. The summed E-state index contributed by atoms with van der Waals surface area (Å²) in [6, 6.07) is 0. The molecule has 3 fully saturated rings. The van der Waals surface area contributed by atoms with Gasteiger partial charge < -0.3 is 9.25 Å². The van der Waals surface area contributed by atoms with Crippen LogP contribution in [0.2, 0.25) is 0 Å². The minimum atomic E-state index is -0.0325. The summed E-state index contributed by atoms with van der Waals surface area (Å²) in [6.07, 6.45) is 13.4. The predicted molar refractivity (Wildman–Crippen MR) is 115 cm³/mol. The molecular weight excluding hydrogens is 376 g/mol. The first-order valence-electron chi connectivity index (χ1n) is 11.7. The Morgan fingerprint density at radius 2 is 1.97 bits per heavy atom. The van der Waals surface area contributed by atoms with E-state index in [2.05, 4.69) is 30.1 Å². The molecule has 1 aromatic rings. The number of carbonyl (C=O) groups excluding carboxylic acids is 1. The van der Waals surface area contributed by atoms with Gasteiger partial charge in [-0.05, 0) is 81.1 Å². The molecule has 4 aliphatic carbocycles. The van der Waals surface area contributed by atoms with Gasteiger partial charge in [-0.2, -0.15) is 0 Å². The lowest BCUT2D eigenvalue weighted by Gasteiger charge is -2.57. The van der Waals surface area contributed by atoms with Gasteiger partial charge >= 0.3 is 0 Å². The number of aryl methyl sites for hydroxylation is 1. The van der Waals surface area contributed by atoms with E-state index < -0.39 is 0 Å². The van der Waals surface area contributed by atoms with E-state index in [4.69, 9.17) is 9.25 Å². The number of allylic oxidation sites excluding steroid dienone is 2. The molecule has 30 heavy (non-hydrogen) atoms. The molecule has 3 unspecified atom stereocenters. The maximum atomic E-state index is 12.6. The first kappa shape index (κ1) is 20.0. The maximum Gasteiger partial charge on any atom is 0.197 e. The molecule has 1 heterocycles. The average Bonchev–Trinajstić information content (AvgIpc) is 3.28. The highest BCUT2D eigenvalue weighted by Crippen LogP contribution is 2.64. The van der Waals surface area contributed by atoms with Crippen LogP contribution in [0.5, 0.6) is 0 Å². The molecule has 5 rings (SSSR count). The minimum Gasteiger partial charge on any atom is -0.449 e. The van der Waals surface area contributed by atoms with Gasteiger partial charge in [0.05, 0.1) is 17.8 Å². The number of oxime groups is 1. The predicted octanol–water partition coefficient (Wildman–Crippen LogP) is 5.43. The zero-order chi connectivity index (χ0) is 20.9. The largest absolute Gasteiger partial charge is 0.449 e. The fourth-order valence-electron chi connectivity index (χ4n) is 7.19. The number of hydrogen-bond acceptors (Lipinski definition) is 5. The Hall–Kier alpha value is -1.91. The van der Waals surface area contributed by atoms with Crippen molar-refractivity contribution in [3.63, 3.8) is 0 Å². The summed E-state index contributed by atoms with van der Waals surface area (Å²) < 4.78 is 5.36. The van der Waals surface area contributed by atoms with Crippen LogP contribution in [0, 0.1) is 35.5 Å². The van der Waals surface area contributed by atoms with Crippen LogP contribution in [0.15, 0.2) is 27.5 Å². The smallest absolute Gasteiger partial charge is 0.197 e. The molecule has 5 nitrogen and oxygen atoms in total. The highest BCUT2D eigenvalue weighted by atomic mass is 16.6. The summed E-state index contributed by atoms with van der Waals surface area (Å²) in [5.41, 5.74) is 3.77. The summed E-state index contributed by atoms with van der Waals surface area (Å²) in [7, 11) is 0. The van der Waals surface area contributed by atoms with Crippen molar-refractivity contribution in [2.24, 2.45) is 33.7 Å².